The predicted octanol–water partition coefficient (Wildman–Crippen LogP) is 3.94. The normalized spacial score (nSPS) is 16.8. The van der Waals surface area contributed by atoms with Crippen LogP contribution in [0.1, 0.15) is 24.3 Å². The monoisotopic (exact) mass is 291 g/mol. The van der Waals surface area contributed by atoms with Crippen LogP contribution in [-0.4, -0.2) is 22.3 Å². The highest BCUT2D eigenvalue weighted by Crippen LogP contribution is 2.27. The molecular formula is C15H17NOS2. The second-order valence-electron chi connectivity index (χ2n) is 5.05. The average molecular weight is 291 g/mol. The summed E-state index contributed by atoms with van der Waals surface area (Å²) in [5.74, 6) is 3.41. The van der Waals surface area contributed by atoms with E-state index in [2.05, 4.69) is 11.1 Å². The molecule has 100 valence electrons. The summed E-state index contributed by atoms with van der Waals surface area (Å²) in [7, 11) is 0. The second-order valence-corrected chi connectivity index (χ2v) is 7.39. The van der Waals surface area contributed by atoms with Gasteiger partial charge in [0.05, 0.1) is 16.6 Å². The van der Waals surface area contributed by atoms with Crippen LogP contribution in [0.15, 0.2) is 24.3 Å². The molecule has 4 heteroatoms. The Morgan fingerprint density at radius 2 is 2.05 bits per heavy atom. The Labute approximate surface area is 121 Å². The molecule has 0 atom stereocenters. The van der Waals surface area contributed by atoms with Gasteiger partial charge >= 0.3 is 0 Å². The molecule has 2 heterocycles. The Morgan fingerprint density at radius 3 is 2.84 bits per heavy atom. The highest BCUT2D eigenvalue weighted by molar-refractivity contribution is 7.99. The molecular weight excluding hydrogens is 274 g/mol. The summed E-state index contributed by atoms with van der Waals surface area (Å²) in [6, 6.07) is 8.09. The van der Waals surface area contributed by atoms with Crippen LogP contribution in [0.3, 0.4) is 0 Å². The lowest BCUT2D eigenvalue weighted by Crippen LogP contribution is -2.15. The maximum absolute atomic E-state index is 12.1. The molecule has 3 rings (SSSR count). The van der Waals surface area contributed by atoms with Crippen molar-refractivity contribution in [3.63, 3.8) is 0 Å². The van der Waals surface area contributed by atoms with Gasteiger partial charge in [-0.3, -0.25) is 4.79 Å². The molecule has 0 amide bonds. The first kappa shape index (κ1) is 13.1. The molecule has 0 N–H and O–H groups in total. The van der Waals surface area contributed by atoms with Crippen molar-refractivity contribution in [1.82, 2.24) is 4.98 Å². The van der Waals surface area contributed by atoms with Gasteiger partial charge in [0.2, 0.25) is 0 Å². The molecule has 1 aliphatic heterocycles. The second kappa shape index (κ2) is 6.06. The van der Waals surface area contributed by atoms with E-state index in [0.29, 0.717) is 18.1 Å². The lowest BCUT2D eigenvalue weighted by atomic mass is 9.95. The van der Waals surface area contributed by atoms with Gasteiger partial charge in [0.25, 0.3) is 0 Å². The Morgan fingerprint density at radius 1 is 1.26 bits per heavy atom. The third-order valence-electron chi connectivity index (χ3n) is 3.54. The van der Waals surface area contributed by atoms with Crippen molar-refractivity contribution in [2.75, 3.05) is 11.5 Å². The number of carbonyl (C=O) groups excluding carboxylic acids is 1. The number of Topliss-reactive ketones (excluding diaryl/α,β-unsaturated/α-hetero) is 1. The molecule has 1 aromatic heterocycles. The van der Waals surface area contributed by atoms with Crippen molar-refractivity contribution in [3.05, 3.63) is 29.3 Å². The molecule has 1 aromatic carbocycles. The van der Waals surface area contributed by atoms with Crippen molar-refractivity contribution in [2.45, 2.75) is 25.7 Å². The summed E-state index contributed by atoms with van der Waals surface area (Å²) in [5, 5.41) is 0.969. The summed E-state index contributed by atoms with van der Waals surface area (Å²) in [6.45, 7) is 0. The minimum Gasteiger partial charge on any atom is -0.299 e. The zero-order valence-electron chi connectivity index (χ0n) is 10.8. The first-order valence-corrected chi connectivity index (χ1v) is 8.72. The third kappa shape index (κ3) is 3.37. The number of nitrogens with zero attached hydrogens (tertiary/aromatic N) is 1. The first-order chi connectivity index (χ1) is 9.31. The number of benzene rings is 1. The van der Waals surface area contributed by atoms with Crippen molar-refractivity contribution in [1.29, 1.82) is 0 Å². The number of carbonyl (C=O) groups is 1. The number of aromatic nitrogens is 1. The molecule has 1 aliphatic rings. The van der Waals surface area contributed by atoms with E-state index in [-0.39, 0.29) is 0 Å². The highest BCUT2D eigenvalue weighted by Gasteiger charge is 2.18. The maximum Gasteiger partial charge on any atom is 0.139 e. The molecule has 1 saturated heterocycles. The Bertz CT molecular complexity index is 539. The van der Waals surface area contributed by atoms with Crippen LogP contribution < -0.4 is 0 Å². The van der Waals surface area contributed by atoms with Gasteiger partial charge < -0.3 is 0 Å². The summed E-state index contributed by atoms with van der Waals surface area (Å²) >= 11 is 3.66. The van der Waals surface area contributed by atoms with Gasteiger partial charge in [0.1, 0.15) is 10.8 Å². The molecule has 0 radical (unpaired) electrons. The van der Waals surface area contributed by atoms with Gasteiger partial charge in [-0.1, -0.05) is 12.1 Å². The highest BCUT2D eigenvalue weighted by atomic mass is 32.2. The summed E-state index contributed by atoms with van der Waals surface area (Å²) in [6.07, 6.45) is 3.67. The van der Waals surface area contributed by atoms with E-state index >= 15 is 0 Å². The SMILES string of the molecule is O=C(Cc1nc2ccccc2s1)CC1CCSCC1. The molecule has 2 aromatic rings. The molecule has 2 nitrogen and oxygen atoms in total. The molecule has 0 bridgehead atoms. The molecule has 0 spiro atoms. The van der Waals surface area contributed by atoms with E-state index in [1.54, 1.807) is 11.3 Å². The van der Waals surface area contributed by atoms with Crippen LogP contribution in [0.2, 0.25) is 0 Å². The van der Waals surface area contributed by atoms with Gasteiger partial charge in [0, 0.05) is 6.42 Å². The van der Waals surface area contributed by atoms with Crippen LogP contribution in [0.5, 0.6) is 0 Å². The van der Waals surface area contributed by atoms with Crippen molar-refractivity contribution >= 4 is 39.1 Å². The van der Waals surface area contributed by atoms with Crippen LogP contribution in [-0.2, 0) is 11.2 Å². The molecule has 0 unspecified atom stereocenters. The topological polar surface area (TPSA) is 30.0 Å². The zero-order valence-corrected chi connectivity index (χ0v) is 12.4. The number of hydrogen-bond donors (Lipinski definition) is 0. The van der Waals surface area contributed by atoms with E-state index < -0.39 is 0 Å². The van der Waals surface area contributed by atoms with Gasteiger partial charge in [-0.2, -0.15) is 11.8 Å². The van der Waals surface area contributed by atoms with Crippen LogP contribution in [0, 0.1) is 5.92 Å². The summed E-state index contributed by atoms with van der Waals surface area (Å²) in [5.41, 5.74) is 1.02. The van der Waals surface area contributed by atoms with Crippen LogP contribution in [0.25, 0.3) is 10.2 Å². The number of thiazole rings is 1. The molecule has 1 fully saturated rings. The minimum atomic E-state index is 0.357. The first-order valence-electron chi connectivity index (χ1n) is 6.75. The fourth-order valence-corrected chi connectivity index (χ4v) is 4.71. The standard InChI is InChI=1S/C15H17NOS2/c17-12(9-11-5-7-18-8-6-11)10-15-16-13-3-1-2-4-14(13)19-15/h1-4,11H,5-10H2. The zero-order chi connectivity index (χ0) is 13.1. The fraction of sp³-hybridized carbons (Fsp3) is 0.467. The van der Waals surface area contributed by atoms with Crippen LogP contribution >= 0.6 is 23.1 Å². The summed E-state index contributed by atoms with van der Waals surface area (Å²) in [4.78, 5) is 16.7. The van der Waals surface area contributed by atoms with Crippen molar-refractivity contribution in [2.24, 2.45) is 5.92 Å². The van der Waals surface area contributed by atoms with E-state index in [0.717, 1.165) is 16.9 Å². The Balaban J connectivity index is 1.62. The molecule has 0 aliphatic carbocycles. The fourth-order valence-electron chi connectivity index (χ4n) is 2.51. The lowest BCUT2D eigenvalue weighted by molar-refractivity contribution is -0.119. The maximum atomic E-state index is 12.1. The van der Waals surface area contributed by atoms with Gasteiger partial charge in [-0.25, -0.2) is 4.98 Å². The number of thioether (sulfide) groups is 1. The van der Waals surface area contributed by atoms with Gasteiger partial charge in [-0.15, -0.1) is 11.3 Å². The quantitative estimate of drug-likeness (QED) is 0.854. The number of fused-ring (bicyclic) bond motifs is 1. The van der Waals surface area contributed by atoms with E-state index in [1.165, 1.54) is 29.0 Å². The number of ketones is 1. The van der Waals surface area contributed by atoms with E-state index in [1.807, 2.05) is 30.0 Å². The molecule has 0 saturated carbocycles. The minimum absolute atomic E-state index is 0.357. The average Bonchev–Trinajstić information content (AvgIpc) is 2.81. The van der Waals surface area contributed by atoms with Crippen molar-refractivity contribution < 1.29 is 4.79 Å². The van der Waals surface area contributed by atoms with Crippen molar-refractivity contribution in [3.8, 4) is 0 Å². The number of rotatable bonds is 4. The van der Waals surface area contributed by atoms with Crippen LogP contribution in [0.4, 0.5) is 0 Å². The largest absolute Gasteiger partial charge is 0.299 e. The third-order valence-corrected chi connectivity index (χ3v) is 5.63. The smallest absolute Gasteiger partial charge is 0.139 e. The Hall–Kier alpha value is -0.870. The number of para-hydroxylation sites is 1. The van der Waals surface area contributed by atoms with E-state index in [9.17, 15) is 4.79 Å². The lowest BCUT2D eigenvalue weighted by Gasteiger charge is -2.20. The Kier molecular flexibility index (Phi) is 4.18. The summed E-state index contributed by atoms with van der Waals surface area (Å²) < 4.78 is 1.18. The predicted molar refractivity (Wildman–Crippen MR) is 83.0 cm³/mol. The van der Waals surface area contributed by atoms with Gasteiger partial charge in [0.15, 0.2) is 0 Å². The van der Waals surface area contributed by atoms with Gasteiger partial charge in [-0.05, 0) is 42.4 Å². The van der Waals surface area contributed by atoms with E-state index in [4.69, 9.17) is 0 Å². The number of hydrogen-bond acceptors (Lipinski definition) is 4. The molecule has 19 heavy (non-hydrogen) atoms.